The van der Waals surface area contributed by atoms with Gasteiger partial charge in [0.1, 0.15) is 0 Å². The summed E-state index contributed by atoms with van der Waals surface area (Å²) in [5.74, 6) is -0.525. The number of carbonyl (C=O) groups excluding carboxylic acids is 1. The van der Waals surface area contributed by atoms with E-state index >= 15 is 0 Å². The second-order valence-electron chi connectivity index (χ2n) is 5.11. The summed E-state index contributed by atoms with van der Waals surface area (Å²) in [6.07, 6.45) is 3.25. The van der Waals surface area contributed by atoms with Crippen molar-refractivity contribution in [3.8, 4) is 0 Å². The molecule has 0 aromatic rings. The van der Waals surface area contributed by atoms with Crippen LogP contribution in [0.1, 0.15) is 25.7 Å². The number of morpholine rings is 1. The van der Waals surface area contributed by atoms with Crippen molar-refractivity contribution >= 4 is 11.9 Å². The van der Waals surface area contributed by atoms with Gasteiger partial charge in [0.2, 0.25) is 5.91 Å². The summed E-state index contributed by atoms with van der Waals surface area (Å²) in [7, 11) is 0. The van der Waals surface area contributed by atoms with Crippen LogP contribution in [0.5, 0.6) is 0 Å². The lowest BCUT2D eigenvalue weighted by atomic mass is 9.94. The van der Waals surface area contributed by atoms with Gasteiger partial charge >= 0.3 is 5.97 Å². The number of rotatable bonds is 4. The third-order valence-corrected chi connectivity index (χ3v) is 3.84. The molecule has 108 valence electrons. The molecule has 2 saturated heterocycles. The van der Waals surface area contributed by atoms with Crippen molar-refractivity contribution in [1.82, 2.24) is 4.90 Å². The molecule has 6 nitrogen and oxygen atoms in total. The molecule has 0 bridgehead atoms. The summed E-state index contributed by atoms with van der Waals surface area (Å²) in [6.45, 7) is 2.44. The van der Waals surface area contributed by atoms with Gasteiger partial charge in [-0.2, -0.15) is 0 Å². The fourth-order valence-electron chi connectivity index (χ4n) is 2.61. The summed E-state index contributed by atoms with van der Waals surface area (Å²) in [4.78, 5) is 24.7. The van der Waals surface area contributed by atoms with E-state index in [0.717, 1.165) is 32.5 Å². The Balaban J connectivity index is 1.81. The van der Waals surface area contributed by atoms with E-state index in [-0.39, 0.29) is 12.5 Å². The van der Waals surface area contributed by atoms with Crippen molar-refractivity contribution in [2.75, 3.05) is 33.0 Å². The van der Waals surface area contributed by atoms with Crippen molar-refractivity contribution in [1.29, 1.82) is 0 Å². The van der Waals surface area contributed by atoms with E-state index in [1.165, 1.54) is 4.90 Å². The largest absolute Gasteiger partial charge is 0.480 e. The van der Waals surface area contributed by atoms with E-state index in [4.69, 9.17) is 14.6 Å². The maximum absolute atomic E-state index is 12.1. The second-order valence-corrected chi connectivity index (χ2v) is 5.11. The van der Waals surface area contributed by atoms with Gasteiger partial charge in [-0.25, -0.2) is 4.79 Å². The van der Waals surface area contributed by atoms with Crippen LogP contribution in [0, 0.1) is 5.92 Å². The van der Waals surface area contributed by atoms with Gasteiger partial charge in [0, 0.05) is 26.2 Å². The summed E-state index contributed by atoms with van der Waals surface area (Å²) in [5, 5.41) is 9.08. The van der Waals surface area contributed by atoms with Crippen LogP contribution in [-0.2, 0) is 19.1 Å². The van der Waals surface area contributed by atoms with E-state index in [1.54, 1.807) is 0 Å². The normalized spacial score (nSPS) is 25.3. The first-order chi connectivity index (χ1) is 9.18. The van der Waals surface area contributed by atoms with Crippen LogP contribution in [0.3, 0.4) is 0 Å². The number of carbonyl (C=O) groups is 2. The molecule has 6 heteroatoms. The Labute approximate surface area is 112 Å². The monoisotopic (exact) mass is 271 g/mol. The molecule has 19 heavy (non-hydrogen) atoms. The van der Waals surface area contributed by atoms with E-state index in [2.05, 4.69) is 0 Å². The quantitative estimate of drug-likeness (QED) is 0.806. The van der Waals surface area contributed by atoms with Gasteiger partial charge in [0.05, 0.1) is 13.2 Å². The average Bonchev–Trinajstić information content (AvgIpc) is 2.46. The molecular weight excluding hydrogens is 250 g/mol. The zero-order valence-electron chi connectivity index (χ0n) is 11.0. The zero-order valence-corrected chi connectivity index (χ0v) is 11.0. The van der Waals surface area contributed by atoms with Crippen LogP contribution in [-0.4, -0.2) is 60.9 Å². The third kappa shape index (κ3) is 3.91. The van der Waals surface area contributed by atoms with Crippen LogP contribution in [0.25, 0.3) is 0 Å². The standard InChI is InChI=1S/C13H21NO5/c15-12(2-1-10-3-6-18-7-4-10)14-5-8-19-9-11(14)13(16)17/h10-11H,1-9H2,(H,16,17). The predicted molar refractivity (Wildman–Crippen MR) is 66.7 cm³/mol. The molecule has 0 radical (unpaired) electrons. The molecule has 0 spiro atoms. The highest BCUT2D eigenvalue weighted by atomic mass is 16.5. The molecule has 1 unspecified atom stereocenters. The van der Waals surface area contributed by atoms with Gasteiger partial charge in [-0.15, -0.1) is 0 Å². The molecule has 0 aromatic carbocycles. The minimum Gasteiger partial charge on any atom is -0.480 e. The Hall–Kier alpha value is -1.14. The van der Waals surface area contributed by atoms with Crippen molar-refractivity contribution < 1.29 is 24.2 Å². The molecule has 2 aliphatic heterocycles. The minimum absolute atomic E-state index is 0.0674. The number of amides is 1. The molecule has 0 aromatic heterocycles. The maximum atomic E-state index is 12.1. The fraction of sp³-hybridized carbons (Fsp3) is 0.846. The Morgan fingerprint density at radius 3 is 2.58 bits per heavy atom. The van der Waals surface area contributed by atoms with Crippen LogP contribution in [0.4, 0.5) is 0 Å². The maximum Gasteiger partial charge on any atom is 0.328 e. The molecule has 2 heterocycles. The van der Waals surface area contributed by atoms with Gasteiger partial charge in [-0.1, -0.05) is 0 Å². The van der Waals surface area contributed by atoms with E-state index in [0.29, 0.717) is 25.5 Å². The topological polar surface area (TPSA) is 76.1 Å². The summed E-state index contributed by atoms with van der Waals surface area (Å²) >= 11 is 0. The minimum atomic E-state index is -0.987. The van der Waals surface area contributed by atoms with Gasteiger partial charge in [0.25, 0.3) is 0 Å². The summed E-state index contributed by atoms with van der Waals surface area (Å²) in [5.41, 5.74) is 0. The molecule has 2 fully saturated rings. The second kappa shape index (κ2) is 6.86. The molecule has 2 aliphatic rings. The third-order valence-electron chi connectivity index (χ3n) is 3.84. The number of carboxylic acid groups (broad SMARTS) is 1. The van der Waals surface area contributed by atoms with E-state index < -0.39 is 12.0 Å². The average molecular weight is 271 g/mol. The fourth-order valence-corrected chi connectivity index (χ4v) is 2.61. The lowest BCUT2D eigenvalue weighted by Gasteiger charge is -2.33. The van der Waals surface area contributed by atoms with Crippen LogP contribution >= 0.6 is 0 Å². The highest BCUT2D eigenvalue weighted by Crippen LogP contribution is 2.21. The van der Waals surface area contributed by atoms with Crippen molar-refractivity contribution in [3.05, 3.63) is 0 Å². The van der Waals surface area contributed by atoms with E-state index in [9.17, 15) is 9.59 Å². The van der Waals surface area contributed by atoms with Gasteiger partial charge in [-0.3, -0.25) is 4.79 Å². The first-order valence-electron chi connectivity index (χ1n) is 6.86. The number of nitrogens with zero attached hydrogens (tertiary/aromatic N) is 1. The van der Waals surface area contributed by atoms with Crippen molar-refractivity contribution in [3.63, 3.8) is 0 Å². The van der Waals surface area contributed by atoms with Gasteiger partial charge in [0.15, 0.2) is 6.04 Å². The first kappa shape index (κ1) is 14.3. The van der Waals surface area contributed by atoms with Crippen molar-refractivity contribution in [2.24, 2.45) is 5.92 Å². The lowest BCUT2D eigenvalue weighted by Crippen LogP contribution is -2.52. The van der Waals surface area contributed by atoms with E-state index in [1.807, 2.05) is 0 Å². The Morgan fingerprint density at radius 2 is 1.89 bits per heavy atom. The Morgan fingerprint density at radius 1 is 1.16 bits per heavy atom. The molecule has 1 N–H and O–H groups in total. The Kier molecular flexibility index (Phi) is 5.15. The summed E-state index contributed by atoms with van der Waals surface area (Å²) < 4.78 is 10.4. The van der Waals surface area contributed by atoms with Crippen molar-refractivity contribution in [2.45, 2.75) is 31.7 Å². The number of hydrogen-bond donors (Lipinski definition) is 1. The molecule has 0 aliphatic carbocycles. The Bertz CT molecular complexity index is 327. The molecule has 0 saturated carbocycles. The van der Waals surface area contributed by atoms with Gasteiger partial charge < -0.3 is 19.5 Å². The SMILES string of the molecule is O=C(O)C1COCCN1C(=O)CCC1CCOCC1. The number of aliphatic carboxylic acids is 1. The van der Waals surface area contributed by atoms with Crippen LogP contribution in [0.15, 0.2) is 0 Å². The van der Waals surface area contributed by atoms with Crippen LogP contribution < -0.4 is 0 Å². The smallest absolute Gasteiger partial charge is 0.328 e. The highest BCUT2D eigenvalue weighted by Gasteiger charge is 2.32. The zero-order chi connectivity index (χ0) is 13.7. The highest BCUT2D eigenvalue weighted by molar-refractivity contribution is 5.84. The molecule has 1 amide bonds. The summed E-state index contributed by atoms with van der Waals surface area (Å²) in [6, 6.07) is -0.823. The number of carboxylic acids is 1. The molecule has 2 rings (SSSR count). The molecular formula is C13H21NO5. The first-order valence-corrected chi connectivity index (χ1v) is 6.86. The molecule has 1 atom stereocenters. The van der Waals surface area contributed by atoms with Gasteiger partial charge in [-0.05, 0) is 25.2 Å². The number of ether oxygens (including phenoxy) is 2. The lowest BCUT2D eigenvalue weighted by molar-refractivity contribution is -0.158. The predicted octanol–water partition coefficient (Wildman–Crippen LogP) is 0.505. The van der Waals surface area contributed by atoms with Crippen LogP contribution in [0.2, 0.25) is 0 Å². The number of hydrogen-bond acceptors (Lipinski definition) is 4.